The standard InChI is InChI=1S/C24H28N4O4/c1-26(2)21-10-6-4-7-17(21)16-11-12-27(15-19(16)23(30)31)13-14-28-22(29)18-8-3-5-9-20(18)25-24(28)32/h3-10,16,19H,11-15H2,1-2H3,(H,25,32)(H,30,31). The molecule has 1 aromatic heterocycles. The van der Waals surface area contributed by atoms with E-state index in [0.29, 0.717) is 37.0 Å². The smallest absolute Gasteiger partial charge is 0.328 e. The van der Waals surface area contributed by atoms with E-state index in [9.17, 15) is 19.5 Å². The van der Waals surface area contributed by atoms with Crippen LogP contribution in [0.5, 0.6) is 0 Å². The van der Waals surface area contributed by atoms with E-state index in [2.05, 4.69) is 4.98 Å². The summed E-state index contributed by atoms with van der Waals surface area (Å²) in [5.41, 5.74) is 1.83. The average Bonchev–Trinajstić information content (AvgIpc) is 2.78. The van der Waals surface area contributed by atoms with E-state index in [1.807, 2.05) is 48.2 Å². The van der Waals surface area contributed by atoms with Crippen LogP contribution in [0.25, 0.3) is 10.9 Å². The quantitative estimate of drug-likeness (QED) is 0.613. The van der Waals surface area contributed by atoms with Crippen LogP contribution in [0.3, 0.4) is 0 Å². The first-order chi connectivity index (χ1) is 15.4. The lowest BCUT2D eigenvalue weighted by molar-refractivity contribution is -0.144. The van der Waals surface area contributed by atoms with Crippen LogP contribution in [-0.2, 0) is 11.3 Å². The number of aromatic nitrogens is 2. The SMILES string of the molecule is CN(C)c1ccccc1C1CCN(CCn2c(=O)[nH]c3ccccc3c2=O)CC1C(=O)O. The molecule has 168 valence electrons. The number of fused-ring (bicyclic) bond motifs is 1. The van der Waals surface area contributed by atoms with Crippen LogP contribution in [0.15, 0.2) is 58.1 Å². The van der Waals surface area contributed by atoms with Crippen LogP contribution in [0, 0.1) is 5.92 Å². The van der Waals surface area contributed by atoms with Gasteiger partial charge in [0.25, 0.3) is 5.56 Å². The van der Waals surface area contributed by atoms with Crippen LogP contribution < -0.4 is 16.1 Å². The second-order valence-electron chi connectivity index (χ2n) is 8.53. The van der Waals surface area contributed by atoms with Gasteiger partial charge in [0.05, 0.1) is 16.8 Å². The Balaban J connectivity index is 1.53. The molecule has 32 heavy (non-hydrogen) atoms. The summed E-state index contributed by atoms with van der Waals surface area (Å²) in [6.07, 6.45) is 0.699. The Morgan fingerprint density at radius 2 is 1.81 bits per heavy atom. The normalized spacial score (nSPS) is 19.2. The molecule has 2 aromatic carbocycles. The molecular formula is C24H28N4O4. The maximum atomic E-state index is 12.8. The number of nitrogens with zero attached hydrogens (tertiary/aromatic N) is 3. The fraction of sp³-hybridized carbons (Fsp3) is 0.375. The minimum absolute atomic E-state index is 0.0888. The number of likely N-dealkylation sites (tertiary alicyclic amines) is 1. The van der Waals surface area contributed by atoms with Crippen molar-refractivity contribution in [2.75, 3.05) is 38.6 Å². The first-order valence-electron chi connectivity index (χ1n) is 10.8. The number of aliphatic carboxylic acids is 1. The number of para-hydroxylation sites is 2. The number of rotatable bonds is 6. The minimum atomic E-state index is -0.825. The first-order valence-corrected chi connectivity index (χ1v) is 10.8. The first kappa shape index (κ1) is 21.8. The summed E-state index contributed by atoms with van der Waals surface area (Å²) in [5, 5.41) is 10.4. The van der Waals surface area contributed by atoms with Gasteiger partial charge in [-0.05, 0) is 36.7 Å². The van der Waals surface area contributed by atoms with Crippen LogP contribution in [0.2, 0.25) is 0 Å². The Hall–Kier alpha value is -3.39. The highest BCUT2D eigenvalue weighted by Gasteiger charge is 2.36. The molecule has 8 heteroatoms. The summed E-state index contributed by atoms with van der Waals surface area (Å²) in [5.74, 6) is -1.47. The molecule has 1 saturated heterocycles. The lowest BCUT2D eigenvalue weighted by atomic mass is 9.79. The Morgan fingerprint density at radius 1 is 1.09 bits per heavy atom. The number of carboxylic acid groups (broad SMARTS) is 1. The van der Waals surface area contributed by atoms with E-state index in [4.69, 9.17) is 0 Å². The molecule has 0 radical (unpaired) electrons. The fourth-order valence-electron chi connectivity index (χ4n) is 4.70. The molecule has 2 unspecified atom stereocenters. The van der Waals surface area contributed by atoms with Gasteiger partial charge in [-0.1, -0.05) is 30.3 Å². The molecule has 4 rings (SSSR count). The number of nitrogens with one attached hydrogen (secondary N) is 1. The molecule has 2 atom stereocenters. The predicted octanol–water partition coefficient (Wildman–Crippen LogP) is 1.95. The van der Waals surface area contributed by atoms with Crippen molar-refractivity contribution >= 4 is 22.6 Å². The topological polar surface area (TPSA) is 98.6 Å². The molecule has 2 heterocycles. The molecule has 2 N–H and O–H groups in total. The lowest BCUT2D eigenvalue weighted by Gasteiger charge is -2.38. The van der Waals surface area contributed by atoms with Gasteiger partial charge in [-0.3, -0.25) is 14.2 Å². The molecule has 0 aliphatic carbocycles. The van der Waals surface area contributed by atoms with Gasteiger partial charge in [0.1, 0.15) is 0 Å². The third-order valence-electron chi connectivity index (χ3n) is 6.36. The lowest BCUT2D eigenvalue weighted by Crippen LogP contribution is -2.46. The number of H-pyrrole nitrogens is 1. The van der Waals surface area contributed by atoms with Gasteiger partial charge >= 0.3 is 11.7 Å². The van der Waals surface area contributed by atoms with E-state index >= 15 is 0 Å². The molecule has 1 aliphatic heterocycles. The van der Waals surface area contributed by atoms with Gasteiger partial charge < -0.3 is 19.9 Å². The van der Waals surface area contributed by atoms with Gasteiger partial charge in [0.15, 0.2) is 0 Å². The number of anilines is 1. The minimum Gasteiger partial charge on any atom is -0.481 e. The molecule has 3 aromatic rings. The third-order valence-corrected chi connectivity index (χ3v) is 6.36. The number of hydrogen-bond donors (Lipinski definition) is 2. The fourth-order valence-corrected chi connectivity index (χ4v) is 4.70. The zero-order valence-electron chi connectivity index (χ0n) is 18.3. The maximum Gasteiger partial charge on any atom is 0.328 e. The molecule has 1 aliphatic rings. The Labute approximate surface area is 185 Å². The summed E-state index contributed by atoms with van der Waals surface area (Å²) in [6.45, 7) is 1.73. The second kappa shape index (κ2) is 9.00. The summed E-state index contributed by atoms with van der Waals surface area (Å²) in [7, 11) is 3.92. The van der Waals surface area contributed by atoms with Crippen LogP contribution in [0.1, 0.15) is 17.9 Å². The van der Waals surface area contributed by atoms with Gasteiger partial charge in [-0.2, -0.15) is 0 Å². The molecule has 0 saturated carbocycles. The van der Waals surface area contributed by atoms with E-state index in [1.165, 1.54) is 4.57 Å². The molecule has 1 fully saturated rings. The highest BCUT2D eigenvalue weighted by atomic mass is 16.4. The van der Waals surface area contributed by atoms with E-state index < -0.39 is 17.6 Å². The molecule has 0 bridgehead atoms. The van der Waals surface area contributed by atoms with Crippen molar-refractivity contribution in [3.63, 3.8) is 0 Å². The number of benzene rings is 2. The molecule has 8 nitrogen and oxygen atoms in total. The number of carbonyl (C=O) groups is 1. The van der Waals surface area contributed by atoms with Crippen molar-refractivity contribution in [3.05, 3.63) is 74.9 Å². The Bertz CT molecular complexity index is 1250. The van der Waals surface area contributed by atoms with Crippen molar-refractivity contribution in [2.45, 2.75) is 18.9 Å². The molecule has 0 spiro atoms. The largest absolute Gasteiger partial charge is 0.481 e. The van der Waals surface area contributed by atoms with Crippen molar-refractivity contribution < 1.29 is 9.90 Å². The zero-order valence-corrected chi connectivity index (χ0v) is 18.3. The summed E-state index contributed by atoms with van der Waals surface area (Å²) in [6, 6.07) is 14.9. The molecule has 0 amide bonds. The Kier molecular flexibility index (Phi) is 6.14. The number of aromatic amines is 1. The predicted molar refractivity (Wildman–Crippen MR) is 125 cm³/mol. The summed E-state index contributed by atoms with van der Waals surface area (Å²) in [4.78, 5) is 44.1. The second-order valence-corrected chi connectivity index (χ2v) is 8.53. The van der Waals surface area contributed by atoms with Crippen LogP contribution in [-0.4, -0.2) is 59.3 Å². The van der Waals surface area contributed by atoms with E-state index in [0.717, 1.165) is 11.3 Å². The third kappa shape index (κ3) is 4.18. The van der Waals surface area contributed by atoms with Crippen molar-refractivity contribution in [3.8, 4) is 0 Å². The van der Waals surface area contributed by atoms with E-state index in [1.54, 1.807) is 24.3 Å². The number of piperidine rings is 1. The van der Waals surface area contributed by atoms with Crippen LogP contribution >= 0.6 is 0 Å². The Morgan fingerprint density at radius 3 is 2.56 bits per heavy atom. The van der Waals surface area contributed by atoms with Gasteiger partial charge in [-0.15, -0.1) is 0 Å². The van der Waals surface area contributed by atoms with Crippen molar-refractivity contribution in [1.29, 1.82) is 0 Å². The number of carboxylic acids is 1. The van der Waals surface area contributed by atoms with Gasteiger partial charge in [0, 0.05) is 45.3 Å². The van der Waals surface area contributed by atoms with E-state index in [-0.39, 0.29) is 18.0 Å². The van der Waals surface area contributed by atoms with Gasteiger partial charge in [0.2, 0.25) is 0 Å². The molecular weight excluding hydrogens is 408 g/mol. The monoisotopic (exact) mass is 436 g/mol. The van der Waals surface area contributed by atoms with Crippen molar-refractivity contribution in [2.24, 2.45) is 5.92 Å². The highest BCUT2D eigenvalue weighted by Crippen LogP contribution is 2.37. The van der Waals surface area contributed by atoms with Crippen LogP contribution in [0.4, 0.5) is 5.69 Å². The average molecular weight is 437 g/mol. The summed E-state index contributed by atoms with van der Waals surface area (Å²) < 4.78 is 1.20. The number of hydrogen-bond acceptors (Lipinski definition) is 5. The van der Waals surface area contributed by atoms with Gasteiger partial charge in [-0.25, -0.2) is 4.79 Å². The zero-order chi connectivity index (χ0) is 22.8. The van der Waals surface area contributed by atoms with Crippen molar-refractivity contribution in [1.82, 2.24) is 14.5 Å². The highest BCUT2D eigenvalue weighted by molar-refractivity contribution is 5.77. The summed E-state index contributed by atoms with van der Waals surface area (Å²) >= 11 is 0. The maximum absolute atomic E-state index is 12.8.